The van der Waals surface area contributed by atoms with Crippen LogP contribution in [-0.2, 0) is 9.84 Å². The number of sulfone groups is 1. The summed E-state index contributed by atoms with van der Waals surface area (Å²) in [4.78, 5) is 0. The minimum atomic E-state index is -2.80. The Balaban J connectivity index is 1.77. The highest BCUT2D eigenvalue weighted by atomic mass is 32.2. The third-order valence-electron chi connectivity index (χ3n) is 5.39. The first kappa shape index (κ1) is 16.3. The van der Waals surface area contributed by atoms with Crippen molar-refractivity contribution < 1.29 is 8.42 Å². The molecule has 20 heavy (non-hydrogen) atoms. The molecule has 1 unspecified atom stereocenters. The summed E-state index contributed by atoms with van der Waals surface area (Å²) in [6.07, 6.45) is 6.00. The molecule has 0 spiro atoms. The topological polar surface area (TPSA) is 46.2 Å². The van der Waals surface area contributed by atoms with E-state index in [0.717, 1.165) is 24.8 Å². The van der Waals surface area contributed by atoms with Crippen molar-refractivity contribution in [1.82, 2.24) is 5.32 Å². The Hall–Kier alpha value is -0.0900. The molecular weight excluding hydrogens is 270 g/mol. The molecule has 0 aromatic heterocycles. The molecule has 1 N–H and O–H groups in total. The normalized spacial score (nSPS) is 38.0. The van der Waals surface area contributed by atoms with Crippen LogP contribution in [0.2, 0.25) is 0 Å². The van der Waals surface area contributed by atoms with Crippen molar-refractivity contribution in [3.05, 3.63) is 0 Å². The summed E-state index contributed by atoms with van der Waals surface area (Å²) in [5, 5.41) is 3.56. The SMILES string of the molecule is CC1(NCC2CCC(C(C)(C)C)CC2)CCS(=O)(=O)C1. The Kier molecular flexibility index (Phi) is 4.56. The van der Waals surface area contributed by atoms with E-state index in [1.165, 1.54) is 25.7 Å². The van der Waals surface area contributed by atoms with Crippen molar-refractivity contribution in [2.75, 3.05) is 18.1 Å². The van der Waals surface area contributed by atoms with E-state index in [9.17, 15) is 8.42 Å². The van der Waals surface area contributed by atoms with Crippen LogP contribution in [-0.4, -0.2) is 32.0 Å². The van der Waals surface area contributed by atoms with Crippen LogP contribution in [0.15, 0.2) is 0 Å². The molecule has 1 aliphatic carbocycles. The summed E-state index contributed by atoms with van der Waals surface area (Å²) < 4.78 is 23.2. The van der Waals surface area contributed by atoms with Crippen LogP contribution in [0.25, 0.3) is 0 Å². The summed E-state index contributed by atoms with van der Waals surface area (Å²) in [6.45, 7) is 10.1. The molecule has 1 saturated heterocycles. The largest absolute Gasteiger partial charge is 0.310 e. The Bertz CT molecular complexity index is 430. The highest BCUT2D eigenvalue weighted by Crippen LogP contribution is 2.39. The Morgan fingerprint density at radius 2 is 1.75 bits per heavy atom. The minimum absolute atomic E-state index is 0.181. The molecule has 1 aliphatic heterocycles. The van der Waals surface area contributed by atoms with E-state index in [0.29, 0.717) is 16.9 Å². The third kappa shape index (κ3) is 4.20. The number of nitrogens with one attached hydrogen (secondary N) is 1. The van der Waals surface area contributed by atoms with Crippen molar-refractivity contribution in [2.24, 2.45) is 17.3 Å². The molecular formula is C16H31NO2S. The van der Waals surface area contributed by atoms with Crippen LogP contribution in [0.5, 0.6) is 0 Å². The molecule has 1 atom stereocenters. The van der Waals surface area contributed by atoms with E-state index < -0.39 is 9.84 Å². The lowest BCUT2D eigenvalue weighted by Crippen LogP contribution is -2.46. The van der Waals surface area contributed by atoms with Gasteiger partial charge in [-0.25, -0.2) is 8.42 Å². The summed E-state index contributed by atoms with van der Waals surface area (Å²) in [5.74, 6) is 2.25. The van der Waals surface area contributed by atoms with Crippen LogP contribution in [0, 0.1) is 17.3 Å². The van der Waals surface area contributed by atoms with Gasteiger partial charge in [0.1, 0.15) is 0 Å². The molecule has 2 fully saturated rings. The van der Waals surface area contributed by atoms with Gasteiger partial charge in [-0.1, -0.05) is 20.8 Å². The van der Waals surface area contributed by atoms with Crippen molar-refractivity contribution in [2.45, 2.75) is 65.3 Å². The second kappa shape index (κ2) is 5.60. The van der Waals surface area contributed by atoms with Crippen molar-refractivity contribution in [3.8, 4) is 0 Å². The predicted octanol–water partition coefficient (Wildman–Crippen LogP) is 3.01. The monoisotopic (exact) mass is 301 g/mol. The van der Waals surface area contributed by atoms with E-state index in [2.05, 4.69) is 33.0 Å². The fraction of sp³-hybridized carbons (Fsp3) is 1.00. The van der Waals surface area contributed by atoms with E-state index in [4.69, 9.17) is 0 Å². The van der Waals surface area contributed by atoms with Gasteiger partial charge < -0.3 is 5.32 Å². The minimum Gasteiger partial charge on any atom is -0.310 e. The summed E-state index contributed by atoms with van der Waals surface area (Å²) >= 11 is 0. The summed E-state index contributed by atoms with van der Waals surface area (Å²) in [5.41, 5.74) is 0.254. The van der Waals surface area contributed by atoms with Crippen LogP contribution < -0.4 is 5.32 Å². The fourth-order valence-corrected chi connectivity index (χ4v) is 5.90. The van der Waals surface area contributed by atoms with E-state index >= 15 is 0 Å². The maximum absolute atomic E-state index is 11.6. The van der Waals surface area contributed by atoms with Crippen LogP contribution >= 0.6 is 0 Å². The van der Waals surface area contributed by atoms with E-state index in [-0.39, 0.29) is 5.54 Å². The molecule has 4 heteroatoms. The molecule has 1 saturated carbocycles. The maximum Gasteiger partial charge on any atom is 0.152 e. The molecule has 0 aromatic rings. The Morgan fingerprint density at radius 1 is 1.15 bits per heavy atom. The highest BCUT2D eigenvalue weighted by Gasteiger charge is 2.38. The molecule has 2 aliphatic rings. The van der Waals surface area contributed by atoms with Gasteiger partial charge in [0.2, 0.25) is 0 Å². The molecule has 3 nitrogen and oxygen atoms in total. The van der Waals surface area contributed by atoms with Crippen LogP contribution in [0.1, 0.15) is 59.8 Å². The zero-order chi connectivity index (χ0) is 15.0. The van der Waals surface area contributed by atoms with Gasteiger partial charge in [0.25, 0.3) is 0 Å². The van der Waals surface area contributed by atoms with Gasteiger partial charge in [-0.2, -0.15) is 0 Å². The quantitative estimate of drug-likeness (QED) is 0.871. The standard InChI is InChI=1S/C16H31NO2S/c1-15(2,3)14-7-5-13(6-8-14)11-17-16(4)9-10-20(18,19)12-16/h13-14,17H,5-12H2,1-4H3. The van der Waals surface area contributed by atoms with Crippen LogP contribution in [0.3, 0.4) is 0 Å². The van der Waals surface area contributed by atoms with Gasteiger partial charge in [0.05, 0.1) is 11.5 Å². The lowest BCUT2D eigenvalue weighted by molar-refractivity contribution is 0.145. The molecule has 0 radical (unpaired) electrons. The van der Waals surface area contributed by atoms with Gasteiger partial charge in [-0.05, 0) is 62.8 Å². The van der Waals surface area contributed by atoms with Gasteiger partial charge in [-0.15, -0.1) is 0 Å². The highest BCUT2D eigenvalue weighted by molar-refractivity contribution is 7.91. The van der Waals surface area contributed by atoms with Gasteiger partial charge >= 0.3 is 0 Å². The average molecular weight is 301 g/mol. The predicted molar refractivity (Wildman–Crippen MR) is 84.6 cm³/mol. The lowest BCUT2D eigenvalue weighted by atomic mass is 9.70. The first-order valence-corrected chi connectivity index (χ1v) is 9.87. The first-order chi connectivity index (χ1) is 9.10. The second-order valence-corrected chi connectivity index (χ2v) is 10.6. The first-order valence-electron chi connectivity index (χ1n) is 8.05. The fourth-order valence-electron chi connectivity index (χ4n) is 3.77. The third-order valence-corrected chi connectivity index (χ3v) is 7.30. The zero-order valence-electron chi connectivity index (χ0n) is 13.5. The Morgan fingerprint density at radius 3 is 2.20 bits per heavy atom. The molecule has 1 heterocycles. The van der Waals surface area contributed by atoms with Crippen molar-refractivity contribution >= 4 is 9.84 Å². The van der Waals surface area contributed by atoms with Gasteiger partial charge in [-0.3, -0.25) is 0 Å². The van der Waals surface area contributed by atoms with E-state index in [1.54, 1.807) is 0 Å². The second-order valence-electron chi connectivity index (χ2n) is 8.37. The zero-order valence-corrected chi connectivity index (χ0v) is 14.4. The Labute approximate surface area is 124 Å². The maximum atomic E-state index is 11.6. The number of rotatable bonds is 3. The molecule has 0 amide bonds. The average Bonchev–Trinajstić information content (AvgIpc) is 2.61. The number of hydrogen-bond acceptors (Lipinski definition) is 3. The lowest BCUT2D eigenvalue weighted by Gasteiger charge is -2.38. The van der Waals surface area contributed by atoms with E-state index in [1.807, 2.05) is 0 Å². The molecule has 118 valence electrons. The van der Waals surface area contributed by atoms with Crippen molar-refractivity contribution in [3.63, 3.8) is 0 Å². The van der Waals surface area contributed by atoms with Crippen molar-refractivity contribution in [1.29, 1.82) is 0 Å². The van der Waals surface area contributed by atoms with Gasteiger partial charge in [0.15, 0.2) is 9.84 Å². The van der Waals surface area contributed by atoms with Gasteiger partial charge in [0, 0.05) is 5.54 Å². The van der Waals surface area contributed by atoms with Crippen LogP contribution in [0.4, 0.5) is 0 Å². The molecule has 0 aromatic carbocycles. The smallest absolute Gasteiger partial charge is 0.152 e. The summed E-state index contributed by atoms with van der Waals surface area (Å²) in [6, 6.07) is 0. The molecule has 2 rings (SSSR count). The molecule has 0 bridgehead atoms. The number of hydrogen-bond donors (Lipinski definition) is 1. The summed E-state index contributed by atoms with van der Waals surface area (Å²) in [7, 11) is -2.80.